The Morgan fingerprint density at radius 1 is 0.875 bits per heavy atom. The molecule has 0 saturated carbocycles. The van der Waals surface area contributed by atoms with E-state index in [9.17, 15) is 0 Å². The molecule has 2 aliphatic rings. The fourth-order valence-corrected chi connectivity index (χ4v) is 2.04. The fraction of sp³-hybridized carbons (Fsp3) is 1.00. The molecule has 0 aromatic carbocycles. The summed E-state index contributed by atoms with van der Waals surface area (Å²) in [5.74, 6) is 0. The van der Waals surface area contributed by atoms with E-state index in [2.05, 4.69) is 15.1 Å². The number of hydrogen-bond acceptors (Lipinski definition) is 4. The van der Waals surface area contributed by atoms with Crippen LogP contribution in [-0.2, 0) is 4.74 Å². The van der Waals surface area contributed by atoms with Gasteiger partial charge in [-0.15, -0.1) is 0 Å². The molecule has 0 amide bonds. The molecule has 2 fully saturated rings. The smallest absolute Gasteiger partial charge is 0.0594 e. The van der Waals surface area contributed by atoms with E-state index in [1.165, 1.54) is 26.2 Å². The van der Waals surface area contributed by atoms with E-state index in [1.54, 1.807) is 0 Å². The minimum Gasteiger partial charge on any atom is -0.379 e. The molecule has 0 aromatic heterocycles. The van der Waals surface area contributed by atoms with Crippen molar-refractivity contribution in [2.45, 2.75) is 13.8 Å². The number of rotatable bonds is 3. The lowest BCUT2D eigenvalue weighted by molar-refractivity contribution is 0.0328. The topological polar surface area (TPSA) is 27.7 Å². The molecule has 2 rings (SSSR count). The zero-order valence-electron chi connectivity index (χ0n) is 10.9. The Labute approximate surface area is 99.9 Å². The van der Waals surface area contributed by atoms with Crippen molar-refractivity contribution < 1.29 is 4.74 Å². The second-order valence-corrected chi connectivity index (χ2v) is 4.05. The lowest BCUT2D eigenvalue weighted by atomic mass is 10.3. The standard InChI is InChI=1S/C10H21N3O.C2H6/c1-3-12(4-2-11-1)5-6-13-7-9-14-10-8-13;1-2/h11H,1-10H2;1-2H3. The van der Waals surface area contributed by atoms with Gasteiger partial charge < -0.3 is 10.1 Å². The molecule has 0 atom stereocenters. The third-order valence-electron chi connectivity index (χ3n) is 3.05. The van der Waals surface area contributed by atoms with Crippen molar-refractivity contribution in [1.82, 2.24) is 15.1 Å². The molecule has 0 spiro atoms. The summed E-state index contributed by atoms with van der Waals surface area (Å²) in [5.41, 5.74) is 0. The van der Waals surface area contributed by atoms with Crippen LogP contribution < -0.4 is 5.32 Å². The average Bonchev–Trinajstić information content (AvgIpc) is 2.41. The van der Waals surface area contributed by atoms with Gasteiger partial charge in [-0.25, -0.2) is 0 Å². The van der Waals surface area contributed by atoms with Crippen LogP contribution in [0.3, 0.4) is 0 Å². The summed E-state index contributed by atoms with van der Waals surface area (Å²) < 4.78 is 5.33. The summed E-state index contributed by atoms with van der Waals surface area (Å²) in [7, 11) is 0. The first-order chi connectivity index (χ1) is 7.95. The van der Waals surface area contributed by atoms with Gasteiger partial charge in [0.25, 0.3) is 0 Å². The zero-order valence-corrected chi connectivity index (χ0v) is 10.9. The summed E-state index contributed by atoms with van der Waals surface area (Å²) in [4.78, 5) is 5.05. The maximum Gasteiger partial charge on any atom is 0.0594 e. The molecule has 16 heavy (non-hydrogen) atoms. The molecule has 1 N–H and O–H groups in total. The van der Waals surface area contributed by atoms with Crippen LogP contribution in [-0.4, -0.2) is 75.4 Å². The van der Waals surface area contributed by atoms with Crippen LogP contribution in [0.5, 0.6) is 0 Å². The number of nitrogens with zero attached hydrogens (tertiary/aromatic N) is 2. The highest BCUT2D eigenvalue weighted by Crippen LogP contribution is 1.98. The van der Waals surface area contributed by atoms with Crippen LogP contribution in [0.4, 0.5) is 0 Å². The van der Waals surface area contributed by atoms with E-state index in [0.717, 1.165) is 39.4 Å². The Hall–Kier alpha value is -0.160. The number of morpholine rings is 1. The average molecular weight is 229 g/mol. The first-order valence-corrected chi connectivity index (χ1v) is 6.68. The first-order valence-electron chi connectivity index (χ1n) is 6.68. The van der Waals surface area contributed by atoms with Gasteiger partial charge in [0, 0.05) is 52.4 Å². The molecule has 96 valence electrons. The van der Waals surface area contributed by atoms with Gasteiger partial charge in [-0.05, 0) is 0 Å². The van der Waals surface area contributed by atoms with Gasteiger partial charge in [-0.3, -0.25) is 9.80 Å². The maximum absolute atomic E-state index is 5.33. The van der Waals surface area contributed by atoms with Gasteiger partial charge in [0.05, 0.1) is 13.2 Å². The van der Waals surface area contributed by atoms with E-state index in [-0.39, 0.29) is 0 Å². The molecular formula is C12H27N3O. The SMILES string of the molecule is C1CN(CCN2CCOCC2)CCN1.CC. The van der Waals surface area contributed by atoms with Gasteiger partial charge >= 0.3 is 0 Å². The second kappa shape index (κ2) is 8.93. The van der Waals surface area contributed by atoms with Crippen molar-refractivity contribution in [1.29, 1.82) is 0 Å². The molecule has 4 nitrogen and oxygen atoms in total. The molecular weight excluding hydrogens is 202 g/mol. The Morgan fingerprint density at radius 3 is 1.94 bits per heavy atom. The van der Waals surface area contributed by atoms with Gasteiger partial charge in [0.1, 0.15) is 0 Å². The molecule has 0 bridgehead atoms. The second-order valence-electron chi connectivity index (χ2n) is 4.05. The van der Waals surface area contributed by atoms with E-state index < -0.39 is 0 Å². The Balaban J connectivity index is 0.000000606. The number of ether oxygens (including phenoxy) is 1. The van der Waals surface area contributed by atoms with E-state index >= 15 is 0 Å². The Morgan fingerprint density at radius 2 is 1.38 bits per heavy atom. The Kier molecular flexibility index (Phi) is 7.76. The predicted octanol–water partition coefficient (Wildman–Crippen LogP) is 0.250. The summed E-state index contributed by atoms with van der Waals surface area (Å²) >= 11 is 0. The Bertz CT molecular complexity index is 136. The van der Waals surface area contributed by atoms with Crippen LogP contribution in [0, 0.1) is 0 Å². The summed E-state index contributed by atoms with van der Waals surface area (Å²) in [6.07, 6.45) is 0. The maximum atomic E-state index is 5.33. The van der Waals surface area contributed by atoms with Gasteiger partial charge in [0.2, 0.25) is 0 Å². The third kappa shape index (κ3) is 5.25. The van der Waals surface area contributed by atoms with Crippen molar-refractivity contribution in [3.8, 4) is 0 Å². The summed E-state index contributed by atoms with van der Waals surface area (Å²) in [5, 5.41) is 3.38. The minimum atomic E-state index is 0.918. The van der Waals surface area contributed by atoms with E-state index in [1.807, 2.05) is 13.8 Å². The highest BCUT2D eigenvalue weighted by molar-refractivity contribution is 4.70. The van der Waals surface area contributed by atoms with Crippen molar-refractivity contribution in [2.24, 2.45) is 0 Å². The first kappa shape index (κ1) is 13.9. The highest BCUT2D eigenvalue weighted by Gasteiger charge is 2.13. The number of hydrogen-bond donors (Lipinski definition) is 1. The molecule has 0 unspecified atom stereocenters. The third-order valence-corrected chi connectivity index (χ3v) is 3.05. The highest BCUT2D eigenvalue weighted by atomic mass is 16.5. The van der Waals surface area contributed by atoms with E-state index in [0.29, 0.717) is 0 Å². The molecule has 0 aliphatic carbocycles. The monoisotopic (exact) mass is 229 g/mol. The molecule has 2 aliphatic heterocycles. The van der Waals surface area contributed by atoms with Gasteiger partial charge in [-0.1, -0.05) is 13.8 Å². The van der Waals surface area contributed by atoms with Gasteiger partial charge in [0.15, 0.2) is 0 Å². The number of nitrogens with one attached hydrogen (secondary N) is 1. The predicted molar refractivity (Wildman–Crippen MR) is 67.9 cm³/mol. The quantitative estimate of drug-likeness (QED) is 0.751. The minimum absolute atomic E-state index is 0.918. The zero-order chi connectivity index (χ0) is 11.6. The van der Waals surface area contributed by atoms with E-state index in [4.69, 9.17) is 4.74 Å². The summed E-state index contributed by atoms with van der Waals surface area (Å²) in [6, 6.07) is 0. The van der Waals surface area contributed by atoms with Crippen LogP contribution in [0.1, 0.15) is 13.8 Å². The van der Waals surface area contributed by atoms with Crippen LogP contribution in [0.2, 0.25) is 0 Å². The summed E-state index contributed by atoms with van der Waals surface area (Å²) in [6.45, 7) is 15.2. The molecule has 0 aromatic rings. The molecule has 2 saturated heterocycles. The fourth-order valence-electron chi connectivity index (χ4n) is 2.04. The van der Waals surface area contributed by atoms with Crippen LogP contribution in [0.15, 0.2) is 0 Å². The lowest BCUT2D eigenvalue weighted by Gasteiger charge is -2.31. The van der Waals surface area contributed by atoms with Crippen LogP contribution >= 0.6 is 0 Å². The largest absolute Gasteiger partial charge is 0.379 e. The van der Waals surface area contributed by atoms with Crippen molar-refractivity contribution in [3.63, 3.8) is 0 Å². The van der Waals surface area contributed by atoms with Crippen molar-refractivity contribution in [2.75, 3.05) is 65.6 Å². The van der Waals surface area contributed by atoms with Crippen molar-refractivity contribution >= 4 is 0 Å². The molecule has 2 heterocycles. The molecule has 4 heteroatoms. The molecule has 0 radical (unpaired) electrons. The normalized spacial score (nSPS) is 23.6. The van der Waals surface area contributed by atoms with Gasteiger partial charge in [-0.2, -0.15) is 0 Å². The number of piperazine rings is 1. The lowest BCUT2D eigenvalue weighted by Crippen LogP contribution is -2.47. The van der Waals surface area contributed by atoms with Crippen LogP contribution in [0.25, 0.3) is 0 Å². The van der Waals surface area contributed by atoms with Crippen molar-refractivity contribution in [3.05, 3.63) is 0 Å².